The molecule has 0 aliphatic carbocycles. The third-order valence-electron chi connectivity index (χ3n) is 2.52. The maximum absolute atomic E-state index is 13.1. The molecule has 2 aromatic rings. The lowest BCUT2D eigenvalue weighted by atomic mass is 10.0. The molecule has 5 heteroatoms. The van der Waals surface area contributed by atoms with Crippen LogP contribution in [0.25, 0.3) is 0 Å². The second kappa shape index (κ2) is 5.61. The summed E-state index contributed by atoms with van der Waals surface area (Å²) in [6.45, 7) is 0. The molecule has 1 heterocycles. The Kier molecular flexibility index (Phi) is 4.36. The predicted molar refractivity (Wildman–Crippen MR) is 77.0 cm³/mol. The third kappa shape index (κ3) is 2.78. The first-order valence-corrected chi connectivity index (χ1v) is 7.50. The SMILES string of the molecule is CNC(c1ccc(F)cc1Br)c1cscc1Br. The van der Waals surface area contributed by atoms with E-state index in [9.17, 15) is 4.39 Å². The summed E-state index contributed by atoms with van der Waals surface area (Å²) in [5.41, 5.74) is 2.18. The van der Waals surface area contributed by atoms with Gasteiger partial charge in [0.25, 0.3) is 0 Å². The van der Waals surface area contributed by atoms with Crippen LogP contribution in [0.5, 0.6) is 0 Å². The molecule has 0 fully saturated rings. The van der Waals surface area contributed by atoms with E-state index in [0.717, 1.165) is 20.1 Å². The summed E-state index contributed by atoms with van der Waals surface area (Å²) in [6.07, 6.45) is 0. The Morgan fingerprint density at radius 2 is 1.94 bits per heavy atom. The van der Waals surface area contributed by atoms with Gasteiger partial charge in [-0.05, 0) is 51.6 Å². The molecule has 0 amide bonds. The molecule has 1 N–H and O–H groups in total. The van der Waals surface area contributed by atoms with Crippen LogP contribution in [-0.2, 0) is 0 Å². The van der Waals surface area contributed by atoms with E-state index in [1.54, 1.807) is 17.4 Å². The summed E-state index contributed by atoms with van der Waals surface area (Å²) in [5.74, 6) is -0.236. The Morgan fingerprint density at radius 1 is 1.18 bits per heavy atom. The Hall–Kier alpha value is -0.230. The van der Waals surface area contributed by atoms with Crippen molar-refractivity contribution in [1.29, 1.82) is 0 Å². The van der Waals surface area contributed by atoms with Gasteiger partial charge in [0.05, 0.1) is 6.04 Å². The molecule has 2 rings (SSSR count). The van der Waals surface area contributed by atoms with Crippen molar-refractivity contribution in [3.63, 3.8) is 0 Å². The van der Waals surface area contributed by atoms with E-state index in [0.29, 0.717) is 0 Å². The average molecular weight is 379 g/mol. The van der Waals surface area contributed by atoms with Crippen LogP contribution in [0.4, 0.5) is 4.39 Å². The molecule has 1 nitrogen and oxygen atoms in total. The van der Waals surface area contributed by atoms with Gasteiger partial charge in [0.1, 0.15) is 5.82 Å². The van der Waals surface area contributed by atoms with Crippen LogP contribution in [0.1, 0.15) is 17.2 Å². The van der Waals surface area contributed by atoms with Crippen LogP contribution in [-0.4, -0.2) is 7.05 Å². The molecule has 0 bridgehead atoms. The lowest BCUT2D eigenvalue weighted by molar-refractivity contribution is 0.621. The lowest BCUT2D eigenvalue weighted by Crippen LogP contribution is -2.18. The Morgan fingerprint density at radius 3 is 2.47 bits per heavy atom. The molecule has 0 aliphatic rings. The minimum atomic E-state index is -0.236. The number of halogens is 3. The molecule has 0 spiro atoms. The molecule has 1 aromatic carbocycles. The molecule has 1 atom stereocenters. The normalized spacial score (nSPS) is 12.7. The summed E-state index contributed by atoms with van der Waals surface area (Å²) in [6, 6.07) is 4.81. The minimum absolute atomic E-state index is 0.0469. The van der Waals surface area contributed by atoms with Crippen molar-refractivity contribution in [2.24, 2.45) is 0 Å². The smallest absolute Gasteiger partial charge is 0.124 e. The highest BCUT2D eigenvalue weighted by molar-refractivity contribution is 9.10. The van der Waals surface area contributed by atoms with E-state index in [4.69, 9.17) is 0 Å². The van der Waals surface area contributed by atoms with Crippen molar-refractivity contribution >= 4 is 43.2 Å². The molecule has 17 heavy (non-hydrogen) atoms. The van der Waals surface area contributed by atoms with Crippen molar-refractivity contribution < 1.29 is 4.39 Å². The van der Waals surface area contributed by atoms with E-state index in [2.05, 4.69) is 42.6 Å². The quantitative estimate of drug-likeness (QED) is 0.814. The van der Waals surface area contributed by atoms with E-state index >= 15 is 0 Å². The average Bonchev–Trinajstić information content (AvgIpc) is 2.69. The van der Waals surface area contributed by atoms with Crippen molar-refractivity contribution in [2.75, 3.05) is 7.05 Å². The molecule has 0 saturated carbocycles. The second-order valence-corrected chi connectivity index (χ2v) is 6.01. The van der Waals surface area contributed by atoms with Crippen molar-refractivity contribution in [2.45, 2.75) is 6.04 Å². The van der Waals surface area contributed by atoms with E-state index in [1.165, 1.54) is 12.1 Å². The van der Waals surface area contributed by atoms with Gasteiger partial charge in [0.2, 0.25) is 0 Å². The number of nitrogens with one attached hydrogen (secondary N) is 1. The number of hydrogen-bond donors (Lipinski definition) is 1. The van der Waals surface area contributed by atoms with Gasteiger partial charge in [-0.15, -0.1) is 0 Å². The van der Waals surface area contributed by atoms with Gasteiger partial charge < -0.3 is 5.32 Å². The van der Waals surface area contributed by atoms with Crippen LogP contribution in [0.3, 0.4) is 0 Å². The number of hydrogen-bond acceptors (Lipinski definition) is 2. The number of rotatable bonds is 3. The summed E-state index contributed by atoms with van der Waals surface area (Å²) in [7, 11) is 1.89. The van der Waals surface area contributed by atoms with Crippen LogP contribution in [0.2, 0.25) is 0 Å². The van der Waals surface area contributed by atoms with Gasteiger partial charge in [0, 0.05) is 14.3 Å². The van der Waals surface area contributed by atoms with Crippen molar-refractivity contribution in [3.8, 4) is 0 Å². The fourth-order valence-electron chi connectivity index (χ4n) is 1.71. The Balaban J connectivity index is 2.46. The van der Waals surface area contributed by atoms with Crippen molar-refractivity contribution in [1.82, 2.24) is 5.32 Å². The fourth-order valence-corrected chi connectivity index (χ4v) is 3.84. The molecular formula is C12H10Br2FNS. The molecule has 90 valence electrons. The van der Waals surface area contributed by atoms with Crippen LogP contribution >= 0.6 is 43.2 Å². The summed E-state index contributed by atoms with van der Waals surface area (Å²) >= 11 is 8.57. The third-order valence-corrected chi connectivity index (χ3v) is 4.95. The van der Waals surface area contributed by atoms with Gasteiger partial charge in [-0.3, -0.25) is 0 Å². The lowest BCUT2D eigenvalue weighted by Gasteiger charge is -2.18. The monoisotopic (exact) mass is 377 g/mol. The molecule has 1 unspecified atom stereocenters. The van der Waals surface area contributed by atoms with Crippen LogP contribution in [0.15, 0.2) is 37.9 Å². The Bertz CT molecular complexity index is 527. The minimum Gasteiger partial charge on any atom is -0.309 e. The van der Waals surface area contributed by atoms with Crippen molar-refractivity contribution in [3.05, 3.63) is 54.8 Å². The second-order valence-electron chi connectivity index (χ2n) is 3.56. The van der Waals surface area contributed by atoms with Gasteiger partial charge in [-0.25, -0.2) is 4.39 Å². The fraction of sp³-hybridized carbons (Fsp3) is 0.167. The van der Waals surface area contributed by atoms with Gasteiger partial charge in [-0.2, -0.15) is 11.3 Å². The topological polar surface area (TPSA) is 12.0 Å². The predicted octanol–water partition coefficient (Wildman–Crippen LogP) is 4.72. The molecule has 0 aliphatic heterocycles. The highest BCUT2D eigenvalue weighted by atomic mass is 79.9. The van der Waals surface area contributed by atoms with Crippen LogP contribution < -0.4 is 5.32 Å². The van der Waals surface area contributed by atoms with E-state index in [1.807, 2.05) is 12.4 Å². The van der Waals surface area contributed by atoms with Crippen LogP contribution in [0, 0.1) is 5.82 Å². The zero-order valence-corrected chi connectivity index (χ0v) is 13.0. The first-order chi connectivity index (χ1) is 8.13. The molecule has 0 saturated heterocycles. The maximum atomic E-state index is 13.1. The summed E-state index contributed by atoms with van der Waals surface area (Å²) < 4.78 is 14.9. The van der Waals surface area contributed by atoms with E-state index in [-0.39, 0.29) is 11.9 Å². The maximum Gasteiger partial charge on any atom is 0.124 e. The zero-order valence-electron chi connectivity index (χ0n) is 9.01. The Labute approximate surface area is 120 Å². The number of benzene rings is 1. The van der Waals surface area contributed by atoms with Gasteiger partial charge in [-0.1, -0.05) is 22.0 Å². The van der Waals surface area contributed by atoms with E-state index < -0.39 is 0 Å². The highest BCUT2D eigenvalue weighted by Gasteiger charge is 2.18. The molecule has 1 aromatic heterocycles. The molecular weight excluding hydrogens is 369 g/mol. The number of thiophene rings is 1. The largest absolute Gasteiger partial charge is 0.309 e. The standard InChI is InChI=1S/C12H10Br2FNS/c1-16-12(9-5-17-6-11(9)14)8-3-2-7(15)4-10(8)13/h2-6,12,16H,1H3. The molecule has 0 radical (unpaired) electrons. The first-order valence-electron chi connectivity index (χ1n) is 4.97. The first kappa shape index (κ1) is 13.2. The summed E-state index contributed by atoms with van der Waals surface area (Å²) in [5, 5.41) is 7.37. The zero-order chi connectivity index (χ0) is 12.4. The van der Waals surface area contributed by atoms with Gasteiger partial charge in [0.15, 0.2) is 0 Å². The summed E-state index contributed by atoms with van der Waals surface area (Å²) in [4.78, 5) is 0. The van der Waals surface area contributed by atoms with Gasteiger partial charge >= 0.3 is 0 Å². The highest BCUT2D eigenvalue weighted by Crippen LogP contribution is 2.34.